The second kappa shape index (κ2) is 7.67. The van der Waals surface area contributed by atoms with Crippen molar-refractivity contribution in [3.63, 3.8) is 0 Å². The van der Waals surface area contributed by atoms with Crippen molar-refractivity contribution in [1.82, 2.24) is 4.40 Å². The maximum atomic E-state index is 11.6. The van der Waals surface area contributed by atoms with Crippen molar-refractivity contribution in [3.05, 3.63) is 70.9 Å². The van der Waals surface area contributed by atoms with Gasteiger partial charge in [0.05, 0.1) is 16.8 Å². The molecule has 0 bridgehead atoms. The summed E-state index contributed by atoms with van der Waals surface area (Å²) in [7, 11) is 0. The molecule has 4 nitrogen and oxygen atoms in total. The van der Waals surface area contributed by atoms with E-state index in [2.05, 4.69) is 12.6 Å². The first kappa shape index (κ1) is 19.6. The molecule has 0 atom stereocenters. The van der Waals surface area contributed by atoms with Gasteiger partial charge in [-0.15, -0.1) is 11.8 Å². The van der Waals surface area contributed by atoms with Gasteiger partial charge in [0.2, 0.25) is 0 Å². The minimum Gasteiger partial charge on any atom is -0.480 e. The lowest BCUT2D eigenvalue weighted by molar-refractivity contribution is -0.138. The molecule has 2 heterocycles. The van der Waals surface area contributed by atoms with Crippen molar-refractivity contribution in [2.45, 2.75) is 32.4 Å². The van der Waals surface area contributed by atoms with E-state index in [1.165, 1.54) is 11.8 Å². The number of nitriles is 1. The van der Waals surface area contributed by atoms with E-state index >= 15 is 0 Å². The fraction of sp³-hybridized carbons (Fsp3) is 0.238. The zero-order chi connectivity index (χ0) is 19.5. The van der Waals surface area contributed by atoms with Crippen LogP contribution in [0.4, 0.5) is 0 Å². The van der Waals surface area contributed by atoms with E-state index in [0.29, 0.717) is 5.56 Å². The quantitative estimate of drug-likeness (QED) is 0.715. The van der Waals surface area contributed by atoms with Gasteiger partial charge in [-0.05, 0) is 51.5 Å². The number of hydrogen-bond acceptors (Lipinski definition) is 3. The predicted octanol–water partition coefficient (Wildman–Crippen LogP) is 5.19. The van der Waals surface area contributed by atoms with E-state index in [0.717, 1.165) is 27.3 Å². The standard InChI is InChI=1S/C21H22N2O2S/c1-6-8-19(26-21(4,5)20(24)25)16(7-2)17-10-9-15(12-22)18-11-14(3)13-23(17)18/h6-11,13H,2H2,1,3-5H3,(H,24,25)/b8-6-,19-16-. The number of carbonyl (C=O) groups is 1. The Morgan fingerprint density at radius 2 is 2.12 bits per heavy atom. The Kier molecular flexibility index (Phi) is 5.79. The average molecular weight is 366 g/mol. The molecule has 0 aliphatic carbocycles. The Balaban J connectivity index is 2.77. The minimum atomic E-state index is -0.985. The van der Waals surface area contributed by atoms with Crippen molar-refractivity contribution in [1.29, 1.82) is 5.26 Å². The smallest absolute Gasteiger partial charge is 0.319 e. The van der Waals surface area contributed by atoms with Crippen LogP contribution in [0.1, 0.15) is 37.6 Å². The molecule has 2 aromatic rings. The molecule has 0 spiro atoms. The van der Waals surface area contributed by atoms with Crippen LogP contribution in [0, 0.1) is 18.3 Å². The molecule has 0 aliphatic heterocycles. The first-order valence-electron chi connectivity index (χ1n) is 8.19. The maximum absolute atomic E-state index is 11.6. The number of aryl methyl sites for hydroxylation is 1. The maximum Gasteiger partial charge on any atom is 0.319 e. The Bertz CT molecular complexity index is 972. The highest BCUT2D eigenvalue weighted by Crippen LogP contribution is 2.38. The van der Waals surface area contributed by atoms with E-state index in [9.17, 15) is 15.2 Å². The highest BCUT2D eigenvalue weighted by molar-refractivity contribution is 8.05. The molecular weight excluding hydrogens is 344 g/mol. The molecule has 0 aromatic carbocycles. The molecule has 26 heavy (non-hydrogen) atoms. The van der Waals surface area contributed by atoms with Crippen molar-refractivity contribution in [2.24, 2.45) is 0 Å². The monoisotopic (exact) mass is 366 g/mol. The van der Waals surface area contributed by atoms with Crippen molar-refractivity contribution in [3.8, 4) is 6.07 Å². The van der Waals surface area contributed by atoms with Gasteiger partial charge in [-0.3, -0.25) is 4.79 Å². The highest BCUT2D eigenvalue weighted by Gasteiger charge is 2.30. The van der Waals surface area contributed by atoms with Crippen LogP contribution in [-0.2, 0) is 4.79 Å². The van der Waals surface area contributed by atoms with Crippen LogP contribution in [0.5, 0.6) is 0 Å². The fourth-order valence-corrected chi connectivity index (χ4v) is 3.76. The van der Waals surface area contributed by atoms with Crippen molar-refractivity contribution < 1.29 is 9.90 Å². The number of rotatable bonds is 6. The second-order valence-electron chi connectivity index (χ2n) is 6.42. The van der Waals surface area contributed by atoms with E-state index < -0.39 is 10.7 Å². The summed E-state index contributed by atoms with van der Waals surface area (Å²) in [5.41, 5.74) is 4.15. The molecule has 0 unspecified atom stereocenters. The lowest BCUT2D eigenvalue weighted by Crippen LogP contribution is -2.27. The van der Waals surface area contributed by atoms with Crippen LogP contribution < -0.4 is 0 Å². The minimum absolute atomic E-state index is 0.594. The van der Waals surface area contributed by atoms with Gasteiger partial charge in [-0.25, -0.2) is 0 Å². The van der Waals surface area contributed by atoms with Crippen LogP contribution in [0.25, 0.3) is 11.1 Å². The van der Waals surface area contributed by atoms with Gasteiger partial charge in [0.15, 0.2) is 0 Å². The van der Waals surface area contributed by atoms with Gasteiger partial charge in [0, 0.05) is 16.7 Å². The van der Waals surface area contributed by atoms with Gasteiger partial charge >= 0.3 is 5.97 Å². The molecule has 5 heteroatoms. The van der Waals surface area contributed by atoms with Crippen LogP contribution in [0.2, 0.25) is 0 Å². The first-order chi connectivity index (χ1) is 12.2. The lowest BCUT2D eigenvalue weighted by Gasteiger charge is -2.21. The number of nitrogens with zero attached hydrogens (tertiary/aromatic N) is 2. The molecule has 0 amide bonds. The molecule has 1 N–H and O–H groups in total. The summed E-state index contributed by atoms with van der Waals surface area (Å²) in [4.78, 5) is 12.4. The van der Waals surface area contributed by atoms with E-state index in [-0.39, 0.29) is 0 Å². The first-order valence-corrected chi connectivity index (χ1v) is 9.00. The number of fused-ring (bicyclic) bond motifs is 1. The second-order valence-corrected chi connectivity index (χ2v) is 8.08. The summed E-state index contributed by atoms with van der Waals surface area (Å²) in [6.07, 6.45) is 7.48. The molecule has 0 radical (unpaired) electrons. The summed E-state index contributed by atoms with van der Waals surface area (Å²) >= 11 is 1.28. The summed E-state index contributed by atoms with van der Waals surface area (Å²) in [6.45, 7) is 11.2. The van der Waals surface area contributed by atoms with E-state index in [1.807, 2.05) is 48.7 Å². The highest BCUT2D eigenvalue weighted by atomic mass is 32.2. The van der Waals surface area contributed by atoms with E-state index in [4.69, 9.17) is 0 Å². The molecule has 2 rings (SSSR count). The van der Waals surface area contributed by atoms with Crippen molar-refractivity contribution >= 4 is 28.8 Å². The predicted molar refractivity (Wildman–Crippen MR) is 108 cm³/mol. The number of aromatic nitrogens is 1. The Labute approximate surface area is 158 Å². The van der Waals surface area contributed by atoms with Crippen LogP contribution in [0.15, 0.2) is 54.1 Å². The third-order valence-corrected chi connectivity index (χ3v) is 5.23. The fourth-order valence-electron chi connectivity index (χ4n) is 2.62. The zero-order valence-corrected chi connectivity index (χ0v) is 16.2. The molecule has 0 saturated heterocycles. The largest absolute Gasteiger partial charge is 0.480 e. The summed E-state index contributed by atoms with van der Waals surface area (Å²) < 4.78 is 0.976. The summed E-state index contributed by atoms with van der Waals surface area (Å²) in [6, 6.07) is 7.84. The van der Waals surface area contributed by atoms with Crippen LogP contribution in [-0.4, -0.2) is 20.2 Å². The van der Waals surface area contributed by atoms with E-state index in [1.54, 1.807) is 26.0 Å². The molecule has 2 aromatic heterocycles. The lowest BCUT2D eigenvalue weighted by atomic mass is 10.1. The molecule has 0 aliphatic rings. The topological polar surface area (TPSA) is 65.5 Å². The number of thioether (sulfide) groups is 1. The van der Waals surface area contributed by atoms with Crippen LogP contribution >= 0.6 is 11.8 Å². The average Bonchev–Trinajstić information content (AvgIpc) is 2.96. The van der Waals surface area contributed by atoms with Gasteiger partial charge in [-0.1, -0.05) is 24.8 Å². The SMILES string of the molecule is C=C/C(=C(\C=C/C)SC(C)(C)C(=O)O)c1ccc(C#N)c2cc(C)cn12. The van der Waals surface area contributed by atoms with Gasteiger partial charge in [0.25, 0.3) is 0 Å². The normalized spacial score (nSPS) is 12.9. The molecular formula is C21H22N2O2S. The van der Waals surface area contributed by atoms with Gasteiger partial charge in [-0.2, -0.15) is 5.26 Å². The molecule has 0 fully saturated rings. The number of allylic oxidation sites excluding steroid dienone is 4. The number of pyridine rings is 1. The summed E-state index contributed by atoms with van der Waals surface area (Å²) in [5.74, 6) is -0.880. The third-order valence-electron chi connectivity index (χ3n) is 3.96. The Morgan fingerprint density at radius 1 is 1.42 bits per heavy atom. The number of hydrogen-bond donors (Lipinski definition) is 1. The number of carboxylic acid groups (broad SMARTS) is 1. The number of aliphatic carboxylic acids is 1. The van der Waals surface area contributed by atoms with Gasteiger partial charge < -0.3 is 9.51 Å². The Hall–Kier alpha value is -2.71. The third kappa shape index (κ3) is 3.76. The number of carboxylic acids is 1. The summed E-state index contributed by atoms with van der Waals surface area (Å²) in [5, 5.41) is 18.9. The molecule has 0 saturated carbocycles. The van der Waals surface area contributed by atoms with Crippen molar-refractivity contribution in [2.75, 3.05) is 0 Å². The van der Waals surface area contributed by atoms with Gasteiger partial charge in [0.1, 0.15) is 10.8 Å². The zero-order valence-electron chi connectivity index (χ0n) is 15.4. The Morgan fingerprint density at radius 3 is 2.65 bits per heavy atom. The molecule has 134 valence electrons. The van der Waals surface area contributed by atoms with Crippen LogP contribution in [0.3, 0.4) is 0 Å².